The van der Waals surface area contributed by atoms with E-state index in [-0.39, 0.29) is 36.6 Å². The van der Waals surface area contributed by atoms with Crippen molar-refractivity contribution in [2.24, 2.45) is 0 Å². The van der Waals surface area contributed by atoms with Crippen molar-refractivity contribution in [1.82, 2.24) is 0 Å². The van der Waals surface area contributed by atoms with Crippen LogP contribution in [0.25, 0.3) is 0 Å². The van der Waals surface area contributed by atoms with Gasteiger partial charge in [-0.05, 0) is 83.1 Å². The fourth-order valence-electron chi connectivity index (χ4n) is 1.95. The zero-order valence-electron chi connectivity index (χ0n) is 21.0. The van der Waals surface area contributed by atoms with Gasteiger partial charge in [0.05, 0.1) is 0 Å². The van der Waals surface area contributed by atoms with Crippen molar-refractivity contribution in [3.8, 4) is 0 Å². The van der Waals surface area contributed by atoms with E-state index in [0.717, 1.165) is 0 Å². The van der Waals surface area contributed by atoms with Gasteiger partial charge in [-0.2, -0.15) is 0 Å². The van der Waals surface area contributed by atoms with Gasteiger partial charge in [-0.25, -0.2) is 0 Å². The fraction of sp³-hybridized carbons (Fsp3) is 1.00. The van der Waals surface area contributed by atoms with Crippen molar-refractivity contribution >= 4 is 18.1 Å². The van der Waals surface area contributed by atoms with E-state index in [4.69, 9.17) is 33.4 Å². The molecule has 0 fully saturated rings. The van der Waals surface area contributed by atoms with Gasteiger partial charge in [-0.15, -0.1) is 0 Å². The third-order valence-corrected chi connectivity index (χ3v) is 6.92. The van der Waals surface area contributed by atoms with Gasteiger partial charge in [0.25, 0.3) is 0 Å². The molecule has 0 saturated heterocycles. The fourth-order valence-corrected chi connectivity index (χ4v) is 5.86. The van der Waals surface area contributed by atoms with Gasteiger partial charge < -0.3 is 36.1 Å². The third-order valence-electron chi connectivity index (χ3n) is 2.31. The van der Waals surface area contributed by atoms with Crippen LogP contribution in [-0.4, -0.2) is 64.3 Å². The van der Waals surface area contributed by atoms with Crippen molar-refractivity contribution in [3.05, 3.63) is 0 Å². The SMILES string of the molecule is CC(C)O[Si](O)(OC(C)C)OC(C)C.CC(C)O[Si](O)(OC(C)C)OC(C)C.[O]=[Mo]=[O]. The first-order valence-electron chi connectivity index (χ1n) is 10.3. The molecule has 31 heavy (non-hydrogen) atoms. The van der Waals surface area contributed by atoms with E-state index in [1.807, 2.05) is 83.1 Å². The summed E-state index contributed by atoms with van der Waals surface area (Å²) >= 11 is -2.03. The number of rotatable bonds is 12. The van der Waals surface area contributed by atoms with Crippen molar-refractivity contribution in [2.45, 2.75) is 120 Å². The van der Waals surface area contributed by atoms with Crippen LogP contribution in [0, 0.1) is 0 Å². The first kappa shape index (κ1) is 36.0. The topological polar surface area (TPSA) is 130 Å². The molecule has 0 aromatic carbocycles. The van der Waals surface area contributed by atoms with Crippen LogP contribution in [0.1, 0.15) is 83.1 Å². The quantitative estimate of drug-likeness (QED) is 0.337. The summed E-state index contributed by atoms with van der Waals surface area (Å²) in [6, 6.07) is 0. The Morgan fingerprint density at radius 2 is 0.548 bits per heavy atom. The maximum atomic E-state index is 9.99. The molecule has 2 N–H and O–H groups in total. The van der Waals surface area contributed by atoms with Crippen LogP contribution < -0.4 is 0 Å². The Bertz CT molecular complexity index is 381. The van der Waals surface area contributed by atoms with Crippen molar-refractivity contribution in [2.75, 3.05) is 0 Å². The van der Waals surface area contributed by atoms with Gasteiger partial charge in [-0.3, -0.25) is 0 Å². The van der Waals surface area contributed by atoms with Crippen molar-refractivity contribution in [3.63, 3.8) is 0 Å². The standard InChI is InChI=1S/2C9H22O4Si.Mo.2O/c2*1-7(2)11-14(10,12-8(3)4)13-9(5)6;;;/h2*7-10H,1-6H3;;;. The third kappa shape index (κ3) is 26.5. The van der Waals surface area contributed by atoms with Crippen molar-refractivity contribution < 1.29 is 61.4 Å². The van der Waals surface area contributed by atoms with Crippen LogP contribution in [0.3, 0.4) is 0 Å². The molecule has 10 nitrogen and oxygen atoms in total. The Kier molecular flexibility index (Phi) is 21.8. The summed E-state index contributed by atoms with van der Waals surface area (Å²) in [7, 11) is -6.88. The molecule has 0 amide bonds. The van der Waals surface area contributed by atoms with Gasteiger partial charge >= 0.3 is 43.4 Å². The molecular formula is C18H44MoO10Si2. The molecule has 0 atom stereocenters. The molecule has 190 valence electrons. The van der Waals surface area contributed by atoms with E-state index < -0.39 is 36.6 Å². The monoisotopic (exact) mass is 574 g/mol. The first-order valence-corrected chi connectivity index (χ1v) is 15.3. The van der Waals surface area contributed by atoms with E-state index >= 15 is 0 Å². The second kappa shape index (κ2) is 18.8. The second-order valence-corrected chi connectivity index (χ2v) is 12.0. The normalized spacial score (nSPS) is 12.4. The summed E-state index contributed by atoms with van der Waals surface area (Å²) in [5.41, 5.74) is 0. The van der Waals surface area contributed by atoms with E-state index in [1.54, 1.807) is 0 Å². The van der Waals surface area contributed by atoms with Gasteiger partial charge in [0.1, 0.15) is 0 Å². The number of hydrogen-bond donors (Lipinski definition) is 2. The van der Waals surface area contributed by atoms with Gasteiger partial charge in [0.2, 0.25) is 0 Å². The molecule has 0 saturated carbocycles. The van der Waals surface area contributed by atoms with Crippen molar-refractivity contribution in [1.29, 1.82) is 0 Å². The Morgan fingerprint density at radius 1 is 0.452 bits per heavy atom. The van der Waals surface area contributed by atoms with E-state index in [2.05, 4.69) is 0 Å². The maximum absolute atomic E-state index is 9.99. The Hall–Kier alpha value is 0.402. The summed E-state index contributed by atoms with van der Waals surface area (Å²) in [5.74, 6) is 0. The van der Waals surface area contributed by atoms with E-state index in [9.17, 15) is 9.59 Å². The Morgan fingerprint density at radius 3 is 0.613 bits per heavy atom. The predicted octanol–water partition coefficient (Wildman–Crippen LogP) is 3.14. The minimum atomic E-state index is -3.44. The predicted molar refractivity (Wildman–Crippen MR) is 115 cm³/mol. The molecule has 0 aliphatic heterocycles. The van der Waals surface area contributed by atoms with E-state index in [0.29, 0.717) is 0 Å². The molecule has 0 bridgehead atoms. The van der Waals surface area contributed by atoms with Crippen LogP contribution >= 0.6 is 0 Å². The van der Waals surface area contributed by atoms with Gasteiger partial charge in [-0.1, -0.05) is 0 Å². The van der Waals surface area contributed by atoms with Gasteiger partial charge in [0.15, 0.2) is 0 Å². The molecule has 0 radical (unpaired) electrons. The zero-order valence-corrected chi connectivity index (χ0v) is 25.0. The molecule has 0 heterocycles. The Labute approximate surface area is 199 Å². The molecule has 13 heteroatoms. The molecule has 0 aromatic heterocycles. The van der Waals surface area contributed by atoms with Gasteiger partial charge in [0, 0.05) is 36.6 Å². The molecule has 0 rings (SSSR count). The summed E-state index contributed by atoms with van der Waals surface area (Å²) in [6.45, 7) is 22.1. The molecular weight excluding hydrogens is 528 g/mol. The molecule has 0 unspecified atom stereocenters. The molecule has 0 spiro atoms. The molecule has 0 aromatic rings. The Balaban J connectivity index is -0.000000448. The van der Waals surface area contributed by atoms with Crippen LogP contribution in [0.5, 0.6) is 0 Å². The molecule has 0 aliphatic carbocycles. The zero-order chi connectivity index (χ0) is 25.4. The summed E-state index contributed by atoms with van der Waals surface area (Å²) in [5, 5.41) is 0. The average molecular weight is 573 g/mol. The van der Waals surface area contributed by atoms with Crippen LogP contribution in [0.4, 0.5) is 0 Å². The average Bonchev–Trinajstić information content (AvgIpc) is 2.41. The molecule has 0 aliphatic rings. The summed E-state index contributed by atoms with van der Waals surface area (Å²) < 4.78 is 48.9. The summed E-state index contributed by atoms with van der Waals surface area (Å²) in [6.07, 6.45) is -0.644. The van der Waals surface area contributed by atoms with Crippen LogP contribution in [0.2, 0.25) is 0 Å². The van der Waals surface area contributed by atoms with E-state index in [1.165, 1.54) is 0 Å². The first-order chi connectivity index (χ1) is 13.9. The second-order valence-electron chi connectivity index (χ2n) is 8.12. The van der Waals surface area contributed by atoms with Crippen LogP contribution in [0.15, 0.2) is 0 Å². The number of hydrogen-bond acceptors (Lipinski definition) is 10. The van der Waals surface area contributed by atoms with Crippen LogP contribution in [-0.2, 0) is 51.8 Å². The summed E-state index contributed by atoms with van der Waals surface area (Å²) in [4.78, 5) is 20.0. The minimum absolute atomic E-state index is 0.107.